The van der Waals surface area contributed by atoms with Gasteiger partial charge in [0, 0.05) is 0 Å². The van der Waals surface area contributed by atoms with Gasteiger partial charge in [-0.2, -0.15) is 12.6 Å². The SMILES string of the molecule is CCCCCCCCCCCCCCC(CCS)C(=O)O. The summed E-state index contributed by atoms with van der Waals surface area (Å²) in [4.78, 5) is 11.0. The zero-order valence-corrected chi connectivity index (χ0v) is 14.9. The zero-order valence-electron chi connectivity index (χ0n) is 14.0. The highest BCUT2D eigenvalue weighted by molar-refractivity contribution is 7.80. The van der Waals surface area contributed by atoms with Gasteiger partial charge in [-0.3, -0.25) is 4.79 Å². The molecule has 0 radical (unpaired) electrons. The third-order valence-electron chi connectivity index (χ3n) is 4.23. The van der Waals surface area contributed by atoms with Crippen LogP contribution in [0.15, 0.2) is 0 Å². The zero-order chi connectivity index (χ0) is 15.8. The summed E-state index contributed by atoms with van der Waals surface area (Å²) in [5, 5.41) is 9.05. The van der Waals surface area contributed by atoms with Gasteiger partial charge in [0.2, 0.25) is 0 Å². The average molecular weight is 317 g/mol. The summed E-state index contributed by atoms with van der Waals surface area (Å²) in [7, 11) is 0. The van der Waals surface area contributed by atoms with E-state index in [4.69, 9.17) is 5.11 Å². The summed E-state index contributed by atoms with van der Waals surface area (Å²) in [5.74, 6) is -0.146. The molecule has 0 aliphatic carbocycles. The van der Waals surface area contributed by atoms with E-state index in [1.54, 1.807) is 0 Å². The Morgan fingerprint density at radius 2 is 1.24 bits per heavy atom. The van der Waals surface area contributed by atoms with Gasteiger partial charge < -0.3 is 5.11 Å². The normalized spacial score (nSPS) is 12.5. The van der Waals surface area contributed by atoms with Crippen molar-refractivity contribution in [3.05, 3.63) is 0 Å². The van der Waals surface area contributed by atoms with Crippen molar-refractivity contribution in [1.29, 1.82) is 0 Å². The highest BCUT2D eigenvalue weighted by atomic mass is 32.1. The molecule has 0 saturated heterocycles. The van der Waals surface area contributed by atoms with Crippen LogP contribution in [-0.4, -0.2) is 16.8 Å². The van der Waals surface area contributed by atoms with E-state index < -0.39 is 5.97 Å². The number of hydrogen-bond donors (Lipinski definition) is 2. The van der Waals surface area contributed by atoms with E-state index >= 15 is 0 Å². The summed E-state index contributed by atoms with van der Waals surface area (Å²) < 4.78 is 0. The molecule has 1 N–H and O–H groups in total. The largest absolute Gasteiger partial charge is 0.481 e. The number of thiol groups is 1. The lowest BCUT2D eigenvalue weighted by molar-refractivity contribution is -0.142. The maximum atomic E-state index is 11.0. The lowest BCUT2D eigenvalue weighted by Crippen LogP contribution is -2.14. The van der Waals surface area contributed by atoms with Crippen molar-refractivity contribution in [1.82, 2.24) is 0 Å². The molecular weight excluding hydrogens is 280 g/mol. The Hall–Kier alpha value is -0.180. The van der Waals surface area contributed by atoms with Crippen LogP contribution in [-0.2, 0) is 4.79 Å². The van der Waals surface area contributed by atoms with Gasteiger partial charge in [-0.05, 0) is 18.6 Å². The van der Waals surface area contributed by atoms with Crippen molar-refractivity contribution in [2.24, 2.45) is 5.92 Å². The van der Waals surface area contributed by atoms with E-state index in [-0.39, 0.29) is 5.92 Å². The van der Waals surface area contributed by atoms with Crippen LogP contribution in [0, 0.1) is 5.92 Å². The highest BCUT2D eigenvalue weighted by Gasteiger charge is 2.15. The van der Waals surface area contributed by atoms with Gasteiger partial charge in [0.05, 0.1) is 5.92 Å². The molecule has 1 atom stereocenters. The summed E-state index contributed by atoms with van der Waals surface area (Å²) in [6.07, 6.45) is 17.4. The van der Waals surface area contributed by atoms with Gasteiger partial charge in [0.25, 0.3) is 0 Å². The molecule has 0 aliphatic rings. The highest BCUT2D eigenvalue weighted by Crippen LogP contribution is 2.17. The van der Waals surface area contributed by atoms with Crippen LogP contribution in [0.4, 0.5) is 0 Å². The van der Waals surface area contributed by atoms with Crippen LogP contribution in [0.25, 0.3) is 0 Å². The molecule has 3 heteroatoms. The first-order valence-electron chi connectivity index (χ1n) is 9.06. The predicted molar refractivity (Wildman–Crippen MR) is 95.3 cm³/mol. The third kappa shape index (κ3) is 14.5. The van der Waals surface area contributed by atoms with Crippen molar-refractivity contribution < 1.29 is 9.90 Å². The first-order valence-corrected chi connectivity index (χ1v) is 9.69. The molecule has 0 amide bonds. The first kappa shape index (κ1) is 20.8. The molecule has 0 aromatic rings. The molecule has 0 rings (SSSR count). The van der Waals surface area contributed by atoms with Crippen LogP contribution in [0.2, 0.25) is 0 Å². The Morgan fingerprint density at radius 1 is 0.810 bits per heavy atom. The Kier molecular flexibility index (Phi) is 16.1. The van der Waals surface area contributed by atoms with Crippen LogP contribution < -0.4 is 0 Å². The topological polar surface area (TPSA) is 37.3 Å². The first-order chi connectivity index (χ1) is 10.2. The van der Waals surface area contributed by atoms with Crippen LogP contribution in [0.3, 0.4) is 0 Å². The van der Waals surface area contributed by atoms with Crippen LogP contribution in [0.5, 0.6) is 0 Å². The molecular formula is C18H36O2S. The predicted octanol–water partition coefficient (Wildman–Crippen LogP) is 6.10. The second-order valence-corrected chi connectivity index (χ2v) is 6.67. The summed E-state index contributed by atoms with van der Waals surface area (Å²) in [5.41, 5.74) is 0. The van der Waals surface area contributed by atoms with Crippen molar-refractivity contribution in [3.8, 4) is 0 Å². The smallest absolute Gasteiger partial charge is 0.306 e. The fourth-order valence-electron chi connectivity index (χ4n) is 2.78. The fourth-order valence-corrected chi connectivity index (χ4v) is 3.09. The molecule has 0 fully saturated rings. The minimum Gasteiger partial charge on any atom is -0.481 e. The molecule has 0 aromatic carbocycles. The number of unbranched alkanes of at least 4 members (excludes halogenated alkanes) is 11. The van der Waals surface area contributed by atoms with Crippen molar-refractivity contribution >= 4 is 18.6 Å². The number of rotatable bonds is 16. The van der Waals surface area contributed by atoms with E-state index in [1.165, 1.54) is 70.6 Å². The number of carboxylic acid groups (broad SMARTS) is 1. The molecule has 0 aliphatic heterocycles. The minimum atomic E-state index is -0.646. The molecule has 2 nitrogen and oxygen atoms in total. The number of aliphatic carboxylic acids is 1. The monoisotopic (exact) mass is 316 g/mol. The van der Waals surface area contributed by atoms with Crippen LogP contribution in [0.1, 0.15) is 96.8 Å². The van der Waals surface area contributed by atoms with E-state index in [2.05, 4.69) is 19.6 Å². The van der Waals surface area contributed by atoms with Gasteiger partial charge in [0.1, 0.15) is 0 Å². The fraction of sp³-hybridized carbons (Fsp3) is 0.944. The maximum Gasteiger partial charge on any atom is 0.306 e. The summed E-state index contributed by atoms with van der Waals surface area (Å²) in [6.45, 7) is 2.26. The van der Waals surface area contributed by atoms with Crippen LogP contribution >= 0.6 is 12.6 Å². The molecule has 0 bridgehead atoms. The quantitative estimate of drug-likeness (QED) is 0.267. The second kappa shape index (κ2) is 16.2. The Morgan fingerprint density at radius 3 is 1.62 bits per heavy atom. The molecule has 0 spiro atoms. The second-order valence-electron chi connectivity index (χ2n) is 6.23. The molecule has 21 heavy (non-hydrogen) atoms. The van der Waals surface area contributed by atoms with E-state index in [0.717, 1.165) is 12.8 Å². The molecule has 0 saturated carbocycles. The van der Waals surface area contributed by atoms with Gasteiger partial charge in [-0.15, -0.1) is 0 Å². The maximum absolute atomic E-state index is 11.0. The van der Waals surface area contributed by atoms with Gasteiger partial charge >= 0.3 is 5.97 Å². The third-order valence-corrected chi connectivity index (χ3v) is 4.49. The van der Waals surface area contributed by atoms with E-state index in [9.17, 15) is 4.79 Å². The van der Waals surface area contributed by atoms with Crippen molar-refractivity contribution in [2.75, 3.05) is 5.75 Å². The lowest BCUT2D eigenvalue weighted by atomic mass is 9.98. The lowest BCUT2D eigenvalue weighted by Gasteiger charge is -2.10. The van der Waals surface area contributed by atoms with Gasteiger partial charge in [-0.1, -0.05) is 84.0 Å². The number of hydrogen-bond acceptors (Lipinski definition) is 2. The molecule has 0 heterocycles. The van der Waals surface area contributed by atoms with E-state index in [0.29, 0.717) is 12.2 Å². The number of carbonyl (C=O) groups is 1. The molecule has 126 valence electrons. The van der Waals surface area contributed by atoms with Crippen molar-refractivity contribution in [3.63, 3.8) is 0 Å². The summed E-state index contributed by atoms with van der Waals surface area (Å²) in [6, 6.07) is 0. The Bertz CT molecular complexity index is 231. The molecule has 0 aromatic heterocycles. The number of carboxylic acids is 1. The van der Waals surface area contributed by atoms with Crippen molar-refractivity contribution in [2.45, 2.75) is 96.8 Å². The Labute approximate surface area is 137 Å². The Balaban J connectivity index is 3.23. The average Bonchev–Trinajstić information content (AvgIpc) is 2.47. The van der Waals surface area contributed by atoms with Gasteiger partial charge in [0.15, 0.2) is 0 Å². The standard InChI is InChI=1S/C18H36O2S/c1-2-3-4-5-6-7-8-9-10-11-12-13-14-17(15-16-21)18(19)20/h17,21H,2-16H2,1H3,(H,19,20). The van der Waals surface area contributed by atoms with E-state index in [1.807, 2.05) is 0 Å². The molecule has 1 unspecified atom stereocenters. The summed E-state index contributed by atoms with van der Waals surface area (Å²) >= 11 is 4.13. The van der Waals surface area contributed by atoms with Gasteiger partial charge in [-0.25, -0.2) is 0 Å². The minimum absolute atomic E-state index is 0.175.